The molecule has 0 saturated carbocycles. The van der Waals surface area contributed by atoms with E-state index in [-0.39, 0.29) is 32.6 Å². The molecule has 2 amide bonds. The molecule has 0 aliphatic rings. The molecule has 0 aromatic heterocycles. The maximum Gasteiger partial charge on any atom is 0.412 e. The third kappa shape index (κ3) is 11.1. The number of benzene rings is 3. The standard InChI is InChI=1S/C30H34N4O6.Pt/c1-29(2,3)39-27(37)33-21-11-13-25(35)19(15-21)17-31-23-9-7-8-10-24(23)32-18-20-16-22(12-14-26(20)36)34-28(38)40-30(4,5)6;/h7-18,35-36H,1-6H3,(H,33,37)(H,34,38);. The Balaban J connectivity index is 0.00000588. The maximum absolute atomic E-state index is 12.1. The molecule has 4 N–H and O–H groups in total. The Labute approximate surface area is 253 Å². The summed E-state index contributed by atoms with van der Waals surface area (Å²) in [5.41, 5.74) is 1.27. The van der Waals surface area contributed by atoms with Gasteiger partial charge in [0.05, 0.1) is 11.4 Å². The summed E-state index contributed by atoms with van der Waals surface area (Å²) >= 11 is 0. The van der Waals surface area contributed by atoms with E-state index < -0.39 is 23.4 Å². The number of hydrogen-bond acceptors (Lipinski definition) is 8. The molecule has 0 aliphatic heterocycles. The Kier molecular flexibility index (Phi) is 11.2. The van der Waals surface area contributed by atoms with Crippen LogP contribution in [0.3, 0.4) is 0 Å². The Morgan fingerprint density at radius 2 is 1.05 bits per heavy atom. The number of rotatable bonds is 6. The molecule has 0 aliphatic carbocycles. The monoisotopic (exact) mass is 741 g/mol. The SMILES string of the molecule is CC(C)(C)OC(=O)Nc1ccc(O)c(C=Nc2ccccc2N=Cc2cc(NC(=O)OC(C)(C)C)ccc2O)c1.[Pt]. The number of anilines is 2. The van der Waals surface area contributed by atoms with Crippen molar-refractivity contribution < 1.29 is 50.3 Å². The van der Waals surface area contributed by atoms with E-state index in [0.29, 0.717) is 33.9 Å². The number of carbonyl (C=O) groups excluding carboxylic acids is 2. The smallest absolute Gasteiger partial charge is 0.412 e. The van der Waals surface area contributed by atoms with Gasteiger partial charge in [-0.15, -0.1) is 0 Å². The van der Waals surface area contributed by atoms with Crippen molar-refractivity contribution in [3.05, 3.63) is 71.8 Å². The van der Waals surface area contributed by atoms with Gasteiger partial charge in [0.25, 0.3) is 0 Å². The van der Waals surface area contributed by atoms with Gasteiger partial charge in [0, 0.05) is 56.0 Å². The van der Waals surface area contributed by atoms with Crippen LogP contribution in [0.2, 0.25) is 0 Å². The van der Waals surface area contributed by atoms with Crippen molar-refractivity contribution in [2.24, 2.45) is 9.98 Å². The van der Waals surface area contributed by atoms with Crippen molar-refractivity contribution in [2.45, 2.75) is 52.7 Å². The zero-order valence-corrected chi connectivity index (χ0v) is 25.9. The van der Waals surface area contributed by atoms with Crippen LogP contribution in [0, 0.1) is 0 Å². The Morgan fingerprint density at radius 3 is 1.39 bits per heavy atom. The van der Waals surface area contributed by atoms with E-state index in [4.69, 9.17) is 9.47 Å². The van der Waals surface area contributed by atoms with Gasteiger partial charge in [-0.1, -0.05) is 12.1 Å². The number of hydrogen-bond donors (Lipinski definition) is 4. The molecule has 10 nitrogen and oxygen atoms in total. The van der Waals surface area contributed by atoms with Gasteiger partial charge in [-0.25, -0.2) is 9.59 Å². The molecule has 220 valence electrons. The molecular weight excluding hydrogens is 707 g/mol. The van der Waals surface area contributed by atoms with Crippen molar-refractivity contribution >= 4 is 47.4 Å². The van der Waals surface area contributed by atoms with Gasteiger partial charge in [0.2, 0.25) is 0 Å². The largest absolute Gasteiger partial charge is 0.507 e. The first kappa shape index (κ1) is 33.0. The van der Waals surface area contributed by atoms with E-state index in [1.807, 2.05) is 0 Å². The molecule has 0 heterocycles. The number of aromatic hydroxyl groups is 2. The first-order valence-electron chi connectivity index (χ1n) is 12.5. The second-order valence-corrected chi connectivity index (χ2v) is 10.8. The van der Waals surface area contributed by atoms with Crippen LogP contribution in [0.15, 0.2) is 70.6 Å². The molecule has 0 saturated heterocycles. The summed E-state index contributed by atoms with van der Waals surface area (Å²) in [7, 11) is 0. The second-order valence-electron chi connectivity index (χ2n) is 10.8. The van der Waals surface area contributed by atoms with Crippen molar-refractivity contribution in [2.75, 3.05) is 10.6 Å². The number of phenols is 2. The molecular formula is C30H34N4O6Pt. The van der Waals surface area contributed by atoms with Crippen molar-refractivity contribution in [3.63, 3.8) is 0 Å². The Bertz CT molecular complexity index is 1330. The number of nitrogens with zero attached hydrogens (tertiary/aromatic N) is 2. The fourth-order valence-electron chi connectivity index (χ4n) is 3.27. The van der Waals surface area contributed by atoms with Crippen LogP contribution in [0.5, 0.6) is 11.5 Å². The summed E-state index contributed by atoms with van der Waals surface area (Å²) in [6.45, 7) is 10.6. The summed E-state index contributed by atoms with van der Waals surface area (Å²) in [6, 6.07) is 16.2. The van der Waals surface area contributed by atoms with Crippen molar-refractivity contribution in [3.8, 4) is 11.5 Å². The Hall–Kier alpha value is -4.17. The van der Waals surface area contributed by atoms with Crippen molar-refractivity contribution in [1.82, 2.24) is 0 Å². The fraction of sp³-hybridized carbons (Fsp3) is 0.267. The molecule has 3 aromatic rings. The molecule has 0 atom stereocenters. The van der Waals surface area contributed by atoms with Crippen molar-refractivity contribution in [1.29, 1.82) is 0 Å². The first-order valence-corrected chi connectivity index (χ1v) is 12.5. The summed E-state index contributed by atoms with van der Waals surface area (Å²) in [6.07, 6.45) is 1.67. The number of aliphatic imine (C=N–C) groups is 2. The van der Waals surface area contributed by atoms with Crippen LogP contribution in [-0.4, -0.2) is 46.0 Å². The minimum absolute atomic E-state index is 0. The molecule has 0 bridgehead atoms. The topological polar surface area (TPSA) is 142 Å². The second kappa shape index (κ2) is 13.9. The van der Waals surface area contributed by atoms with Gasteiger partial charge in [-0.05, 0) is 90.1 Å². The minimum atomic E-state index is -0.651. The normalized spacial score (nSPS) is 11.7. The number of ether oxygens (including phenoxy) is 2. The van der Waals surface area contributed by atoms with Crippen LogP contribution in [0.4, 0.5) is 32.3 Å². The van der Waals surface area contributed by atoms with Gasteiger partial charge in [0.1, 0.15) is 22.7 Å². The predicted molar refractivity (Wildman–Crippen MR) is 157 cm³/mol. The number of nitrogens with one attached hydrogen (secondary N) is 2. The zero-order valence-electron chi connectivity index (χ0n) is 23.7. The van der Waals surface area contributed by atoms with Crippen LogP contribution < -0.4 is 10.6 Å². The number of amides is 2. The zero-order chi connectivity index (χ0) is 29.5. The number of carbonyl (C=O) groups is 2. The van der Waals surface area contributed by atoms with Gasteiger partial charge >= 0.3 is 12.2 Å². The third-order valence-corrected chi connectivity index (χ3v) is 4.91. The summed E-state index contributed by atoms with van der Waals surface area (Å²) < 4.78 is 10.5. The molecule has 3 aromatic carbocycles. The van der Waals surface area contributed by atoms with E-state index in [9.17, 15) is 19.8 Å². The van der Waals surface area contributed by atoms with Gasteiger partial charge < -0.3 is 19.7 Å². The minimum Gasteiger partial charge on any atom is -0.507 e. The maximum atomic E-state index is 12.1. The van der Waals surface area contributed by atoms with Crippen LogP contribution in [0.1, 0.15) is 52.7 Å². The molecule has 0 unspecified atom stereocenters. The van der Waals surface area contributed by atoms with E-state index in [1.165, 1.54) is 24.6 Å². The quantitative estimate of drug-likeness (QED) is 0.155. The van der Waals surface area contributed by atoms with Crippen LogP contribution >= 0.6 is 0 Å². The Morgan fingerprint density at radius 1 is 0.683 bits per heavy atom. The molecule has 11 heteroatoms. The average molecular weight is 742 g/mol. The molecule has 0 fully saturated rings. The first-order chi connectivity index (χ1) is 18.7. The molecule has 0 spiro atoms. The summed E-state index contributed by atoms with van der Waals surface area (Å²) in [5, 5.41) is 25.9. The number of phenolic OH excluding ortho intramolecular Hbond substituents is 2. The van der Waals surface area contributed by atoms with E-state index in [2.05, 4.69) is 20.6 Å². The van der Waals surface area contributed by atoms with Gasteiger partial charge in [-0.2, -0.15) is 0 Å². The molecule has 3 rings (SSSR count). The van der Waals surface area contributed by atoms with Gasteiger partial charge in [0.15, 0.2) is 0 Å². The summed E-state index contributed by atoms with van der Waals surface area (Å²) in [4.78, 5) is 33.1. The van der Waals surface area contributed by atoms with Gasteiger partial charge in [-0.3, -0.25) is 20.6 Å². The van der Waals surface area contributed by atoms with E-state index in [1.54, 1.807) is 90.1 Å². The van der Waals surface area contributed by atoms with Crippen LogP contribution in [-0.2, 0) is 30.5 Å². The summed E-state index contributed by atoms with van der Waals surface area (Å²) in [5.74, 6) is -0.0580. The fourth-order valence-corrected chi connectivity index (χ4v) is 3.27. The van der Waals surface area contributed by atoms with E-state index in [0.717, 1.165) is 0 Å². The third-order valence-electron chi connectivity index (χ3n) is 4.91. The molecule has 0 radical (unpaired) electrons. The molecule has 41 heavy (non-hydrogen) atoms. The van der Waals surface area contributed by atoms with Crippen LogP contribution in [0.25, 0.3) is 0 Å². The average Bonchev–Trinajstić information content (AvgIpc) is 2.83. The number of para-hydroxylation sites is 2. The predicted octanol–water partition coefficient (Wildman–Crippen LogP) is 7.29. The van der Waals surface area contributed by atoms with E-state index >= 15 is 0 Å².